The van der Waals surface area contributed by atoms with Crippen LogP contribution in [0.2, 0.25) is 0 Å². The number of nitro benzene ring substituents is 1. The summed E-state index contributed by atoms with van der Waals surface area (Å²) in [5, 5.41) is 13.7. The quantitative estimate of drug-likeness (QED) is 0.449. The highest BCUT2D eigenvalue weighted by molar-refractivity contribution is 5.98. The second-order valence-corrected chi connectivity index (χ2v) is 7.17. The standard InChI is InChI=1S/C20H21F3N4O4/c1-11(2)17(24-18(28)13-6-4-5-12(3)9-13)19(29)26-25-15-8-7-14(20(21,22)23)10-16(15)27(30)31/h4-11,17,25H,1-3H3,(H,24,28)(H,26,29). The maximum absolute atomic E-state index is 12.8. The average Bonchev–Trinajstić information content (AvgIpc) is 2.68. The van der Waals surface area contributed by atoms with Gasteiger partial charge in [0, 0.05) is 11.6 Å². The number of anilines is 1. The third-order valence-electron chi connectivity index (χ3n) is 4.36. The Kier molecular flexibility index (Phi) is 7.21. The Bertz CT molecular complexity index is 993. The number of hydrazine groups is 1. The van der Waals surface area contributed by atoms with E-state index >= 15 is 0 Å². The van der Waals surface area contributed by atoms with E-state index in [2.05, 4.69) is 16.2 Å². The first-order valence-corrected chi connectivity index (χ1v) is 9.19. The van der Waals surface area contributed by atoms with Gasteiger partial charge in [0.2, 0.25) is 0 Å². The molecule has 166 valence electrons. The summed E-state index contributed by atoms with van der Waals surface area (Å²) in [6, 6.07) is 7.60. The number of halogens is 3. The number of carbonyl (C=O) groups excluding carboxylic acids is 2. The summed E-state index contributed by atoms with van der Waals surface area (Å²) in [4.78, 5) is 35.2. The number of rotatable bonds is 7. The van der Waals surface area contributed by atoms with Gasteiger partial charge in [0.15, 0.2) is 0 Å². The van der Waals surface area contributed by atoms with Gasteiger partial charge in [-0.25, -0.2) is 0 Å². The van der Waals surface area contributed by atoms with Crippen LogP contribution in [0, 0.1) is 23.0 Å². The van der Waals surface area contributed by atoms with Crippen LogP contribution in [-0.2, 0) is 11.0 Å². The number of aryl methyl sites for hydroxylation is 1. The summed E-state index contributed by atoms with van der Waals surface area (Å²) in [6.45, 7) is 5.17. The van der Waals surface area contributed by atoms with Crippen LogP contribution in [0.25, 0.3) is 0 Å². The largest absolute Gasteiger partial charge is 0.416 e. The third kappa shape index (κ3) is 6.17. The van der Waals surface area contributed by atoms with Crippen molar-refractivity contribution >= 4 is 23.2 Å². The van der Waals surface area contributed by atoms with Crippen LogP contribution in [0.15, 0.2) is 42.5 Å². The van der Waals surface area contributed by atoms with Gasteiger partial charge in [-0.15, -0.1) is 0 Å². The Morgan fingerprint density at radius 3 is 2.32 bits per heavy atom. The van der Waals surface area contributed by atoms with Gasteiger partial charge in [0.25, 0.3) is 17.5 Å². The first-order valence-electron chi connectivity index (χ1n) is 9.19. The zero-order chi connectivity index (χ0) is 23.3. The summed E-state index contributed by atoms with van der Waals surface area (Å²) < 4.78 is 38.4. The number of nitrogens with one attached hydrogen (secondary N) is 3. The lowest BCUT2D eigenvalue weighted by molar-refractivity contribution is -0.384. The van der Waals surface area contributed by atoms with E-state index in [1.165, 1.54) is 0 Å². The lowest BCUT2D eigenvalue weighted by Crippen LogP contribution is -2.51. The molecule has 8 nitrogen and oxygen atoms in total. The molecule has 0 saturated carbocycles. The molecule has 0 bridgehead atoms. The number of amides is 2. The van der Waals surface area contributed by atoms with Crippen molar-refractivity contribution in [3.05, 3.63) is 69.3 Å². The fourth-order valence-electron chi connectivity index (χ4n) is 2.72. The maximum Gasteiger partial charge on any atom is 0.416 e. The number of nitrogens with zero attached hydrogens (tertiary/aromatic N) is 1. The van der Waals surface area contributed by atoms with E-state index in [9.17, 15) is 32.9 Å². The van der Waals surface area contributed by atoms with Crippen LogP contribution >= 0.6 is 0 Å². The van der Waals surface area contributed by atoms with E-state index in [0.29, 0.717) is 17.7 Å². The van der Waals surface area contributed by atoms with Crippen LogP contribution in [0.4, 0.5) is 24.5 Å². The summed E-state index contributed by atoms with van der Waals surface area (Å²) >= 11 is 0. The second-order valence-electron chi connectivity index (χ2n) is 7.17. The SMILES string of the molecule is Cc1cccc(C(=O)NC(C(=O)NNc2ccc(C(F)(F)F)cc2[N+](=O)[O-])C(C)C)c1. The van der Waals surface area contributed by atoms with Crippen molar-refractivity contribution in [1.82, 2.24) is 10.7 Å². The number of hydrogen-bond donors (Lipinski definition) is 3. The number of benzene rings is 2. The highest BCUT2D eigenvalue weighted by atomic mass is 19.4. The molecule has 1 atom stereocenters. The molecule has 3 N–H and O–H groups in total. The Hall–Kier alpha value is -3.63. The van der Waals surface area contributed by atoms with Crippen molar-refractivity contribution in [3.63, 3.8) is 0 Å². The third-order valence-corrected chi connectivity index (χ3v) is 4.36. The van der Waals surface area contributed by atoms with E-state index < -0.39 is 40.2 Å². The summed E-state index contributed by atoms with van der Waals surface area (Å²) in [5.74, 6) is -1.55. The predicted molar refractivity (Wildman–Crippen MR) is 107 cm³/mol. The van der Waals surface area contributed by atoms with Crippen molar-refractivity contribution in [2.24, 2.45) is 5.92 Å². The Balaban J connectivity index is 2.15. The molecule has 11 heteroatoms. The minimum atomic E-state index is -4.75. The monoisotopic (exact) mass is 438 g/mol. The molecule has 0 aliphatic carbocycles. The number of alkyl halides is 3. The molecule has 2 aromatic carbocycles. The Labute approximate surface area is 176 Å². The van der Waals surface area contributed by atoms with Gasteiger partial charge >= 0.3 is 6.18 Å². The van der Waals surface area contributed by atoms with E-state index in [-0.39, 0.29) is 11.6 Å². The molecule has 2 rings (SSSR count). The molecular formula is C20H21F3N4O4. The van der Waals surface area contributed by atoms with Crippen LogP contribution in [-0.4, -0.2) is 22.8 Å². The fraction of sp³-hybridized carbons (Fsp3) is 0.300. The molecule has 0 heterocycles. The van der Waals surface area contributed by atoms with Gasteiger partial charge < -0.3 is 5.32 Å². The molecule has 1 unspecified atom stereocenters. The van der Waals surface area contributed by atoms with Crippen molar-refractivity contribution < 1.29 is 27.7 Å². The molecular weight excluding hydrogens is 417 g/mol. The van der Waals surface area contributed by atoms with Gasteiger partial charge in [-0.05, 0) is 37.1 Å². The minimum Gasteiger partial charge on any atom is -0.340 e. The van der Waals surface area contributed by atoms with Crippen molar-refractivity contribution in [2.45, 2.75) is 33.0 Å². The highest BCUT2D eigenvalue weighted by Crippen LogP contribution is 2.34. The van der Waals surface area contributed by atoms with Crippen LogP contribution in [0.3, 0.4) is 0 Å². The normalized spacial score (nSPS) is 12.2. The summed E-state index contributed by atoms with van der Waals surface area (Å²) in [6.07, 6.45) is -4.75. The molecule has 0 aromatic heterocycles. The lowest BCUT2D eigenvalue weighted by Gasteiger charge is -2.22. The van der Waals surface area contributed by atoms with Gasteiger partial charge in [0.05, 0.1) is 10.5 Å². The van der Waals surface area contributed by atoms with E-state index in [1.54, 1.807) is 32.0 Å². The maximum atomic E-state index is 12.8. The number of nitro groups is 1. The van der Waals surface area contributed by atoms with Crippen LogP contribution < -0.4 is 16.2 Å². The topological polar surface area (TPSA) is 113 Å². The average molecular weight is 438 g/mol. The smallest absolute Gasteiger partial charge is 0.340 e. The molecule has 2 aromatic rings. The fourth-order valence-corrected chi connectivity index (χ4v) is 2.72. The Morgan fingerprint density at radius 2 is 1.77 bits per heavy atom. The molecule has 0 aliphatic rings. The first kappa shape index (κ1) is 23.6. The number of hydrogen-bond acceptors (Lipinski definition) is 5. The Morgan fingerprint density at radius 1 is 1.10 bits per heavy atom. The van der Waals surface area contributed by atoms with Crippen molar-refractivity contribution in [3.8, 4) is 0 Å². The van der Waals surface area contributed by atoms with E-state index in [0.717, 1.165) is 11.6 Å². The molecule has 0 fully saturated rings. The zero-order valence-electron chi connectivity index (χ0n) is 16.9. The minimum absolute atomic E-state index is 0.334. The molecule has 31 heavy (non-hydrogen) atoms. The molecule has 0 aliphatic heterocycles. The van der Waals surface area contributed by atoms with Gasteiger partial charge in [-0.2, -0.15) is 13.2 Å². The lowest BCUT2D eigenvalue weighted by atomic mass is 10.0. The predicted octanol–water partition coefficient (Wildman–Crippen LogP) is 3.82. The number of carbonyl (C=O) groups is 2. The van der Waals surface area contributed by atoms with Crippen LogP contribution in [0.1, 0.15) is 35.3 Å². The van der Waals surface area contributed by atoms with E-state index in [4.69, 9.17) is 0 Å². The zero-order valence-corrected chi connectivity index (χ0v) is 16.9. The molecule has 2 amide bonds. The van der Waals surface area contributed by atoms with E-state index in [1.807, 2.05) is 13.0 Å². The van der Waals surface area contributed by atoms with Gasteiger partial charge in [0.1, 0.15) is 11.7 Å². The highest BCUT2D eigenvalue weighted by Gasteiger charge is 2.33. The molecule has 0 saturated heterocycles. The van der Waals surface area contributed by atoms with Gasteiger partial charge in [-0.1, -0.05) is 31.5 Å². The summed E-state index contributed by atoms with van der Waals surface area (Å²) in [5.41, 5.74) is 3.30. The van der Waals surface area contributed by atoms with Gasteiger partial charge in [-0.3, -0.25) is 30.6 Å². The molecule has 0 spiro atoms. The van der Waals surface area contributed by atoms with Crippen molar-refractivity contribution in [1.29, 1.82) is 0 Å². The summed E-state index contributed by atoms with van der Waals surface area (Å²) in [7, 11) is 0. The first-order chi connectivity index (χ1) is 14.4. The molecule has 0 radical (unpaired) electrons. The second kappa shape index (κ2) is 9.45. The van der Waals surface area contributed by atoms with Crippen LogP contribution in [0.5, 0.6) is 0 Å². The van der Waals surface area contributed by atoms with Crippen molar-refractivity contribution in [2.75, 3.05) is 5.43 Å².